The summed E-state index contributed by atoms with van der Waals surface area (Å²) in [6.45, 7) is 1.52. The lowest BCUT2D eigenvalue weighted by atomic mass is 9.89. The number of rotatable bonds is 13. The van der Waals surface area contributed by atoms with Gasteiger partial charge in [-0.3, -0.25) is 19.2 Å². The van der Waals surface area contributed by atoms with Crippen molar-refractivity contribution in [2.75, 3.05) is 30.3 Å². The molecule has 216 valence electrons. The summed E-state index contributed by atoms with van der Waals surface area (Å²) >= 11 is 3.32. The van der Waals surface area contributed by atoms with Crippen LogP contribution < -0.4 is 16.8 Å². The van der Waals surface area contributed by atoms with Crippen molar-refractivity contribution in [3.8, 4) is 0 Å². The average molecular weight is 615 g/mol. The highest BCUT2D eigenvalue weighted by Crippen LogP contribution is 2.44. The lowest BCUT2D eigenvalue weighted by Crippen LogP contribution is -2.74. The molecule has 0 saturated carbocycles. The number of nitrogen functional groups attached to an aromatic ring is 1. The van der Waals surface area contributed by atoms with Crippen LogP contribution in [-0.4, -0.2) is 112 Å². The van der Waals surface area contributed by atoms with Gasteiger partial charge in [-0.05, 0) is 30.3 Å². The third-order valence-electron chi connectivity index (χ3n) is 6.02. The first-order valence-electron chi connectivity index (χ1n) is 11.8. The number of carbonyl (C=O) groups is 4. The molecular formula is C20H26N10O7S3. The molecule has 0 aliphatic carbocycles. The van der Waals surface area contributed by atoms with Gasteiger partial charge in [-0.2, -0.15) is 0 Å². The second-order valence-electron chi connectivity index (χ2n) is 9.01. The molecule has 40 heavy (non-hydrogen) atoms. The zero-order chi connectivity index (χ0) is 29.0. The first-order chi connectivity index (χ1) is 19.0. The first kappa shape index (κ1) is 29.5. The van der Waals surface area contributed by atoms with Crippen molar-refractivity contribution in [1.82, 2.24) is 35.4 Å². The van der Waals surface area contributed by atoms with Gasteiger partial charge >= 0.3 is 11.9 Å². The van der Waals surface area contributed by atoms with Crippen molar-refractivity contribution < 1.29 is 34.2 Å². The molecule has 0 spiro atoms. The number of nitrogens with two attached hydrogens (primary N) is 2. The van der Waals surface area contributed by atoms with E-state index in [2.05, 4.69) is 31.0 Å². The average Bonchev–Trinajstić information content (AvgIpc) is 3.54. The molecule has 4 rings (SSSR count). The number of nitrogens with one attached hydrogen (secondary N) is 1. The summed E-state index contributed by atoms with van der Waals surface area (Å²) in [4.78, 5) is 60.4. The minimum absolute atomic E-state index is 0.0107. The van der Waals surface area contributed by atoms with Crippen LogP contribution in [0.15, 0.2) is 15.7 Å². The van der Waals surface area contributed by atoms with Gasteiger partial charge in [-0.15, -0.1) is 28.2 Å². The first-order valence-corrected chi connectivity index (χ1v) is 14.7. The molecule has 3 unspecified atom stereocenters. The number of oxime groups is 1. The number of aromatic nitrogens is 5. The van der Waals surface area contributed by atoms with Crippen LogP contribution in [0.3, 0.4) is 0 Å². The minimum Gasteiger partial charge on any atom is -0.481 e. The van der Waals surface area contributed by atoms with Crippen LogP contribution in [0.25, 0.3) is 0 Å². The number of β-lactam (4-membered cyclic amide) rings is 1. The van der Waals surface area contributed by atoms with Crippen LogP contribution >= 0.6 is 34.9 Å². The molecule has 0 aromatic carbocycles. The number of carbonyl (C=O) groups excluding carboxylic acids is 2. The van der Waals surface area contributed by atoms with Gasteiger partial charge in [0, 0.05) is 23.4 Å². The van der Waals surface area contributed by atoms with E-state index in [0.29, 0.717) is 13.0 Å². The summed E-state index contributed by atoms with van der Waals surface area (Å²) in [5, 5.41) is 37.9. The van der Waals surface area contributed by atoms with Crippen molar-refractivity contribution in [3.63, 3.8) is 0 Å². The van der Waals surface area contributed by atoms with Gasteiger partial charge < -0.3 is 36.7 Å². The van der Waals surface area contributed by atoms with E-state index in [0.717, 1.165) is 27.8 Å². The summed E-state index contributed by atoms with van der Waals surface area (Å²) < 4.78 is 1.05. The molecule has 4 heterocycles. The van der Waals surface area contributed by atoms with Crippen molar-refractivity contribution in [1.29, 1.82) is 0 Å². The number of fused-ring (bicyclic) bond motifs is 1. The summed E-state index contributed by atoms with van der Waals surface area (Å²) in [6.07, 6.45) is 0.138. The zero-order valence-corrected chi connectivity index (χ0v) is 23.4. The van der Waals surface area contributed by atoms with E-state index < -0.39 is 47.1 Å². The summed E-state index contributed by atoms with van der Waals surface area (Å²) in [6, 6.07) is -0.914. The number of anilines is 1. The third kappa shape index (κ3) is 6.29. The van der Waals surface area contributed by atoms with Crippen LogP contribution in [0.5, 0.6) is 0 Å². The largest absolute Gasteiger partial charge is 0.481 e. The van der Waals surface area contributed by atoms with Gasteiger partial charge in [0.2, 0.25) is 11.1 Å². The van der Waals surface area contributed by atoms with Crippen LogP contribution in [0.2, 0.25) is 0 Å². The SMILES string of the molecule is CC(CCN)ON=C(C(=O)NC1C(=O)N2CC(CSc3nnnn3CC(=O)O)(C(=O)O)CS[C@H]12)c1csc(N)n1. The van der Waals surface area contributed by atoms with E-state index >= 15 is 0 Å². The number of thiazole rings is 1. The Hall–Kier alpha value is -3.49. The molecule has 2 saturated heterocycles. The fourth-order valence-corrected chi connectivity index (χ4v) is 7.16. The Morgan fingerprint density at radius 1 is 1.40 bits per heavy atom. The highest BCUT2D eigenvalue weighted by Gasteiger charge is 2.57. The number of tetrazole rings is 1. The number of thioether (sulfide) groups is 2. The fraction of sp³-hybridized carbons (Fsp3) is 0.550. The van der Waals surface area contributed by atoms with Crippen LogP contribution in [0.4, 0.5) is 5.13 Å². The highest BCUT2D eigenvalue weighted by atomic mass is 32.2. The van der Waals surface area contributed by atoms with Crippen LogP contribution in [-0.2, 0) is 30.6 Å². The Balaban J connectivity index is 1.43. The predicted molar refractivity (Wildman–Crippen MR) is 143 cm³/mol. The maximum atomic E-state index is 13.2. The molecule has 0 radical (unpaired) electrons. The molecular weight excluding hydrogens is 588 g/mol. The maximum absolute atomic E-state index is 13.2. The number of carboxylic acid groups (broad SMARTS) is 2. The number of hydrogen-bond donors (Lipinski definition) is 5. The van der Waals surface area contributed by atoms with Gasteiger partial charge in [0.1, 0.15) is 35.2 Å². The summed E-state index contributed by atoms with van der Waals surface area (Å²) in [5.41, 5.74) is 9.93. The molecule has 2 aliphatic rings. The lowest BCUT2D eigenvalue weighted by molar-refractivity contribution is -0.157. The Labute approximate surface area is 239 Å². The smallest absolute Gasteiger partial charge is 0.325 e. The highest BCUT2D eigenvalue weighted by molar-refractivity contribution is 8.00. The topological polar surface area (TPSA) is 254 Å². The molecule has 2 aromatic heterocycles. The van der Waals surface area contributed by atoms with Crippen LogP contribution in [0.1, 0.15) is 19.0 Å². The molecule has 7 N–H and O–H groups in total. The monoisotopic (exact) mass is 614 g/mol. The Kier molecular flexibility index (Phi) is 9.11. The van der Waals surface area contributed by atoms with E-state index in [-0.39, 0.29) is 45.8 Å². The van der Waals surface area contributed by atoms with Gasteiger partial charge in [0.25, 0.3) is 5.91 Å². The quantitative estimate of drug-likeness (QED) is 0.0746. The van der Waals surface area contributed by atoms with Crippen molar-refractivity contribution in [2.24, 2.45) is 16.3 Å². The second-order valence-corrected chi connectivity index (χ2v) is 11.9. The molecule has 2 aliphatic heterocycles. The van der Waals surface area contributed by atoms with Crippen molar-refractivity contribution in [2.45, 2.75) is 42.6 Å². The van der Waals surface area contributed by atoms with Crippen molar-refractivity contribution in [3.05, 3.63) is 11.1 Å². The Bertz CT molecular complexity index is 1320. The fourth-order valence-electron chi connectivity index (χ4n) is 3.88. The Morgan fingerprint density at radius 2 is 2.17 bits per heavy atom. The molecule has 2 aromatic rings. The number of hydrogen-bond acceptors (Lipinski definition) is 15. The van der Waals surface area contributed by atoms with E-state index in [1.165, 1.54) is 16.7 Å². The van der Waals surface area contributed by atoms with E-state index in [9.17, 15) is 24.3 Å². The number of amides is 2. The van der Waals surface area contributed by atoms with Crippen LogP contribution in [0, 0.1) is 5.41 Å². The normalized spacial score (nSPS) is 23.2. The summed E-state index contributed by atoms with van der Waals surface area (Å²) in [5.74, 6) is -3.31. The summed E-state index contributed by atoms with van der Waals surface area (Å²) in [7, 11) is 0. The number of carboxylic acids is 2. The molecule has 0 bridgehead atoms. The van der Waals surface area contributed by atoms with E-state index in [4.69, 9.17) is 21.4 Å². The molecule has 2 fully saturated rings. The van der Waals surface area contributed by atoms with Gasteiger partial charge in [0.15, 0.2) is 10.8 Å². The van der Waals surface area contributed by atoms with Gasteiger partial charge in [-0.1, -0.05) is 16.9 Å². The lowest BCUT2D eigenvalue weighted by Gasteiger charge is -2.53. The molecule has 20 heteroatoms. The number of nitrogens with zero attached hydrogens (tertiary/aromatic N) is 7. The van der Waals surface area contributed by atoms with Gasteiger partial charge in [0.05, 0.1) is 0 Å². The predicted octanol–water partition coefficient (Wildman–Crippen LogP) is -1.48. The van der Waals surface area contributed by atoms with E-state index in [1.807, 2.05) is 0 Å². The van der Waals surface area contributed by atoms with Crippen molar-refractivity contribution >= 4 is 69.5 Å². The maximum Gasteiger partial charge on any atom is 0.325 e. The molecule has 4 atom stereocenters. The zero-order valence-electron chi connectivity index (χ0n) is 21.0. The van der Waals surface area contributed by atoms with E-state index in [1.54, 1.807) is 12.3 Å². The third-order valence-corrected chi connectivity index (χ3v) is 9.53. The molecule has 2 amide bonds. The second kappa shape index (κ2) is 12.4. The minimum atomic E-state index is -1.35. The Morgan fingerprint density at radius 3 is 2.83 bits per heavy atom. The molecule has 17 nitrogen and oxygen atoms in total. The standard InChI is InChI=1S/C20H26N10O7S3/c1-9(2-3-21)37-26-12(10-5-38-18(22)23-10)14(33)24-13-15(34)29-6-20(17(35)36,7-39-16(13)29)8-40-19-25-27-28-30(19)4-11(31)32/h5,9,13,16H,2-4,6-8,21H2,1H3,(H2,22,23)(H,24,33)(H,31,32)(H,35,36)/t9?,13?,16-,20?/m1/s1. The van der Waals surface area contributed by atoms with Gasteiger partial charge in [-0.25, -0.2) is 9.67 Å². The number of aliphatic carboxylic acids is 2.